The lowest BCUT2D eigenvalue weighted by Gasteiger charge is -2.31. The predicted octanol–water partition coefficient (Wildman–Crippen LogP) is 2.85. The first-order chi connectivity index (χ1) is 10.3. The second-order valence-electron chi connectivity index (χ2n) is 5.81. The van der Waals surface area contributed by atoms with Crippen LogP contribution in [0.15, 0.2) is 34.7 Å². The summed E-state index contributed by atoms with van der Waals surface area (Å²) in [7, 11) is 0. The molecule has 1 aromatic heterocycles. The zero-order valence-corrected chi connectivity index (χ0v) is 12.5. The van der Waals surface area contributed by atoms with Crippen molar-refractivity contribution in [2.45, 2.75) is 26.3 Å². The molecule has 4 nitrogen and oxygen atoms in total. The van der Waals surface area contributed by atoms with Gasteiger partial charge < -0.3 is 9.52 Å². The highest BCUT2D eigenvalue weighted by atomic mass is 16.4. The van der Waals surface area contributed by atoms with Crippen LogP contribution in [0.3, 0.4) is 0 Å². The third kappa shape index (κ3) is 3.34. The van der Waals surface area contributed by atoms with Gasteiger partial charge in [0.1, 0.15) is 5.76 Å². The maximum atomic E-state index is 9.32. The van der Waals surface area contributed by atoms with Gasteiger partial charge in [-0.2, -0.15) is 0 Å². The van der Waals surface area contributed by atoms with Gasteiger partial charge in [-0.25, -0.2) is 4.98 Å². The zero-order valence-electron chi connectivity index (χ0n) is 12.5. The highest BCUT2D eigenvalue weighted by Crippen LogP contribution is 2.24. The molecule has 0 aliphatic carbocycles. The number of aliphatic hydroxyl groups is 1. The molecular weight excluding hydrogens is 264 g/mol. The van der Waals surface area contributed by atoms with Crippen LogP contribution in [0.1, 0.15) is 24.3 Å². The molecule has 0 amide bonds. The number of hydrogen-bond acceptors (Lipinski definition) is 4. The summed E-state index contributed by atoms with van der Waals surface area (Å²) in [4.78, 5) is 7.02. The van der Waals surface area contributed by atoms with Crippen molar-refractivity contribution in [3.63, 3.8) is 0 Å². The summed E-state index contributed by atoms with van der Waals surface area (Å²) in [5, 5.41) is 9.32. The van der Waals surface area contributed by atoms with Crippen molar-refractivity contribution in [2.75, 3.05) is 19.7 Å². The smallest absolute Gasteiger partial charge is 0.226 e. The van der Waals surface area contributed by atoms with Crippen molar-refractivity contribution in [3.8, 4) is 11.5 Å². The third-order valence-electron chi connectivity index (χ3n) is 4.15. The summed E-state index contributed by atoms with van der Waals surface area (Å²) in [6, 6.07) is 9.99. The van der Waals surface area contributed by atoms with E-state index in [1.54, 1.807) is 0 Å². The molecule has 1 unspecified atom stereocenters. The molecule has 1 atom stereocenters. The maximum absolute atomic E-state index is 9.32. The Morgan fingerprint density at radius 1 is 1.33 bits per heavy atom. The van der Waals surface area contributed by atoms with Crippen molar-refractivity contribution in [1.82, 2.24) is 9.88 Å². The molecule has 1 N–H and O–H groups in total. The van der Waals surface area contributed by atoms with E-state index >= 15 is 0 Å². The number of likely N-dealkylation sites (tertiary alicyclic amines) is 1. The number of piperidine rings is 1. The Balaban J connectivity index is 1.73. The van der Waals surface area contributed by atoms with E-state index < -0.39 is 0 Å². The number of nitrogens with zero attached hydrogens (tertiary/aromatic N) is 2. The molecule has 21 heavy (non-hydrogen) atoms. The first-order valence-corrected chi connectivity index (χ1v) is 7.61. The lowest BCUT2D eigenvalue weighted by Crippen LogP contribution is -2.36. The van der Waals surface area contributed by atoms with Crippen molar-refractivity contribution in [2.24, 2.45) is 5.92 Å². The standard InChI is InChI=1S/C17H22N2O2/c1-13-16(11-19-9-5-6-14(10-19)12-20)18-17(21-13)15-7-3-2-4-8-15/h2-4,7-8,14,20H,5-6,9-12H2,1H3. The van der Waals surface area contributed by atoms with E-state index in [9.17, 15) is 5.11 Å². The summed E-state index contributed by atoms with van der Waals surface area (Å²) in [6.07, 6.45) is 2.27. The van der Waals surface area contributed by atoms with Crippen LogP contribution in [0, 0.1) is 12.8 Å². The van der Waals surface area contributed by atoms with Gasteiger partial charge >= 0.3 is 0 Å². The molecule has 2 aromatic rings. The van der Waals surface area contributed by atoms with E-state index in [1.807, 2.05) is 37.3 Å². The van der Waals surface area contributed by atoms with E-state index in [2.05, 4.69) is 9.88 Å². The van der Waals surface area contributed by atoms with Gasteiger partial charge in [0.05, 0.1) is 5.69 Å². The van der Waals surface area contributed by atoms with E-state index in [-0.39, 0.29) is 6.61 Å². The van der Waals surface area contributed by atoms with E-state index in [0.29, 0.717) is 11.8 Å². The number of aliphatic hydroxyl groups excluding tert-OH is 1. The summed E-state index contributed by atoms with van der Waals surface area (Å²) < 4.78 is 5.81. The van der Waals surface area contributed by atoms with Crippen molar-refractivity contribution in [1.29, 1.82) is 0 Å². The monoisotopic (exact) mass is 286 g/mol. The largest absolute Gasteiger partial charge is 0.441 e. The molecule has 1 aliphatic heterocycles. The van der Waals surface area contributed by atoms with Crippen LogP contribution >= 0.6 is 0 Å². The van der Waals surface area contributed by atoms with E-state index in [0.717, 1.165) is 49.5 Å². The van der Waals surface area contributed by atoms with Gasteiger partial charge in [0, 0.05) is 25.3 Å². The second kappa shape index (κ2) is 6.41. The molecule has 0 spiro atoms. The van der Waals surface area contributed by atoms with E-state index in [4.69, 9.17) is 4.42 Å². The lowest BCUT2D eigenvalue weighted by atomic mass is 9.99. The molecular formula is C17H22N2O2. The Bertz CT molecular complexity index is 580. The van der Waals surface area contributed by atoms with Crippen molar-refractivity contribution < 1.29 is 9.52 Å². The minimum Gasteiger partial charge on any atom is -0.441 e. The molecule has 4 heteroatoms. The number of hydrogen-bond donors (Lipinski definition) is 1. The van der Waals surface area contributed by atoms with Crippen LogP contribution < -0.4 is 0 Å². The average molecular weight is 286 g/mol. The highest BCUT2D eigenvalue weighted by Gasteiger charge is 2.21. The normalized spacial score (nSPS) is 19.8. The predicted molar refractivity (Wildman–Crippen MR) is 81.8 cm³/mol. The second-order valence-corrected chi connectivity index (χ2v) is 5.81. The number of aromatic nitrogens is 1. The van der Waals surface area contributed by atoms with Crippen LogP contribution in [0.5, 0.6) is 0 Å². The van der Waals surface area contributed by atoms with Gasteiger partial charge in [-0.15, -0.1) is 0 Å². The molecule has 2 heterocycles. The van der Waals surface area contributed by atoms with Crippen LogP contribution in [0.25, 0.3) is 11.5 Å². The Hall–Kier alpha value is -1.65. The number of aryl methyl sites for hydroxylation is 1. The fourth-order valence-electron chi connectivity index (χ4n) is 2.93. The highest BCUT2D eigenvalue weighted by molar-refractivity contribution is 5.53. The minimum absolute atomic E-state index is 0.281. The van der Waals surface area contributed by atoms with Gasteiger partial charge in [-0.05, 0) is 44.4 Å². The van der Waals surface area contributed by atoms with Crippen LogP contribution in [0.2, 0.25) is 0 Å². The van der Waals surface area contributed by atoms with Crippen molar-refractivity contribution in [3.05, 3.63) is 41.8 Å². The summed E-state index contributed by atoms with van der Waals surface area (Å²) in [5.41, 5.74) is 2.02. The van der Waals surface area contributed by atoms with Gasteiger partial charge in [0.15, 0.2) is 0 Å². The summed E-state index contributed by atoms with van der Waals surface area (Å²) in [5.74, 6) is 1.98. The molecule has 1 aromatic carbocycles. The van der Waals surface area contributed by atoms with E-state index in [1.165, 1.54) is 0 Å². The Labute approximate surface area is 125 Å². The van der Waals surface area contributed by atoms with Crippen LogP contribution in [-0.4, -0.2) is 34.7 Å². The molecule has 1 saturated heterocycles. The lowest BCUT2D eigenvalue weighted by molar-refractivity contribution is 0.115. The SMILES string of the molecule is Cc1oc(-c2ccccc2)nc1CN1CCCC(CO)C1. The molecule has 112 valence electrons. The fourth-order valence-corrected chi connectivity index (χ4v) is 2.93. The molecule has 0 bridgehead atoms. The Morgan fingerprint density at radius 2 is 2.14 bits per heavy atom. The zero-order chi connectivity index (χ0) is 14.7. The van der Waals surface area contributed by atoms with Crippen LogP contribution in [-0.2, 0) is 6.54 Å². The summed E-state index contributed by atoms with van der Waals surface area (Å²) in [6.45, 7) is 5.08. The van der Waals surface area contributed by atoms with Gasteiger partial charge in [0.2, 0.25) is 5.89 Å². The quantitative estimate of drug-likeness (QED) is 0.939. The van der Waals surface area contributed by atoms with Crippen molar-refractivity contribution >= 4 is 0 Å². The first-order valence-electron chi connectivity index (χ1n) is 7.61. The Morgan fingerprint density at radius 3 is 2.90 bits per heavy atom. The van der Waals surface area contributed by atoms with Crippen LogP contribution in [0.4, 0.5) is 0 Å². The average Bonchev–Trinajstić information content (AvgIpc) is 2.89. The topological polar surface area (TPSA) is 49.5 Å². The molecule has 3 rings (SSSR count). The molecule has 1 fully saturated rings. The van der Waals surface area contributed by atoms with Gasteiger partial charge in [-0.1, -0.05) is 18.2 Å². The number of benzene rings is 1. The molecule has 0 saturated carbocycles. The fraction of sp³-hybridized carbons (Fsp3) is 0.471. The van der Waals surface area contributed by atoms with Gasteiger partial charge in [0.25, 0.3) is 0 Å². The molecule has 1 aliphatic rings. The maximum Gasteiger partial charge on any atom is 0.226 e. The Kier molecular flexibility index (Phi) is 4.36. The number of rotatable bonds is 4. The molecule has 0 radical (unpaired) electrons. The third-order valence-corrected chi connectivity index (χ3v) is 4.15. The van der Waals surface area contributed by atoms with Gasteiger partial charge in [-0.3, -0.25) is 4.90 Å². The summed E-state index contributed by atoms with van der Waals surface area (Å²) >= 11 is 0. The minimum atomic E-state index is 0.281. The number of oxazole rings is 1. The first kappa shape index (κ1) is 14.3.